The Kier molecular flexibility index (Phi) is 5.26. The van der Waals surface area contributed by atoms with Crippen molar-refractivity contribution in [2.24, 2.45) is 0 Å². The third kappa shape index (κ3) is 3.92. The average Bonchev–Trinajstić information content (AvgIpc) is 3.03. The summed E-state index contributed by atoms with van der Waals surface area (Å²) in [5.74, 6) is -2.41. The fraction of sp³-hybridized carbons (Fsp3) is 0.167. The van der Waals surface area contributed by atoms with Crippen LogP contribution >= 0.6 is 15.9 Å². The van der Waals surface area contributed by atoms with Gasteiger partial charge in [0.05, 0.1) is 24.6 Å². The summed E-state index contributed by atoms with van der Waals surface area (Å²) in [5.41, 5.74) is 1.64. The van der Waals surface area contributed by atoms with Crippen LogP contribution in [0.4, 0.5) is 0 Å². The lowest BCUT2D eigenvalue weighted by atomic mass is 10.0. The number of ether oxygens (including phenoxy) is 1. The number of aromatic nitrogens is 2. The van der Waals surface area contributed by atoms with Crippen molar-refractivity contribution in [1.82, 2.24) is 9.61 Å². The first-order valence-corrected chi connectivity index (χ1v) is 10.5. The van der Waals surface area contributed by atoms with Gasteiger partial charge in [-0.15, -0.1) is 0 Å². The number of carbonyl (C=O) groups is 2. The van der Waals surface area contributed by atoms with E-state index in [-0.39, 0.29) is 16.8 Å². The molecule has 0 saturated heterocycles. The molecule has 0 bridgehead atoms. The van der Waals surface area contributed by atoms with E-state index in [1.54, 1.807) is 13.0 Å². The van der Waals surface area contributed by atoms with E-state index in [1.165, 1.54) is 10.7 Å². The van der Waals surface area contributed by atoms with Crippen LogP contribution in [-0.2, 0) is 19.6 Å². The number of hydrogen-bond acceptors (Lipinski definition) is 7. The van der Waals surface area contributed by atoms with Crippen molar-refractivity contribution < 1.29 is 26.9 Å². The van der Waals surface area contributed by atoms with Crippen LogP contribution in [0.3, 0.4) is 0 Å². The number of pyridine rings is 1. The fourth-order valence-corrected chi connectivity index (χ4v) is 3.59. The highest BCUT2D eigenvalue weighted by Crippen LogP contribution is 2.33. The Bertz CT molecular complexity index is 1220. The maximum Gasteiger partial charge on any atom is 0.379 e. The lowest BCUT2D eigenvalue weighted by molar-refractivity contribution is -0.135. The van der Waals surface area contributed by atoms with Crippen LogP contribution in [0.5, 0.6) is 5.75 Å². The van der Waals surface area contributed by atoms with Crippen LogP contribution in [-0.4, -0.2) is 43.1 Å². The van der Waals surface area contributed by atoms with Crippen molar-refractivity contribution >= 4 is 43.3 Å². The van der Waals surface area contributed by atoms with E-state index < -0.39 is 21.9 Å². The summed E-state index contributed by atoms with van der Waals surface area (Å²) < 4.78 is 35.4. The highest BCUT2D eigenvalue weighted by Gasteiger charge is 2.28. The Balaban J connectivity index is 2.31. The van der Waals surface area contributed by atoms with Crippen molar-refractivity contribution in [1.29, 1.82) is 0 Å². The average molecular weight is 467 g/mol. The zero-order chi connectivity index (χ0) is 20.6. The first-order chi connectivity index (χ1) is 13.1. The summed E-state index contributed by atoms with van der Waals surface area (Å²) in [6.07, 6.45) is 2.37. The number of benzene rings is 1. The van der Waals surface area contributed by atoms with E-state index in [2.05, 4.69) is 25.8 Å². The van der Waals surface area contributed by atoms with E-state index in [4.69, 9.17) is 4.18 Å². The molecule has 0 fully saturated rings. The predicted octanol–water partition coefficient (Wildman–Crippen LogP) is 2.77. The Hall–Kier alpha value is -2.72. The second kappa shape index (κ2) is 7.36. The molecule has 0 aliphatic heterocycles. The molecule has 2 aromatic heterocycles. The molecule has 0 atom stereocenters. The zero-order valence-corrected chi connectivity index (χ0v) is 17.5. The molecular weight excluding hydrogens is 452 g/mol. The van der Waals surface area contributed by atoms with Crippen molar-refractivity contribution in [3.05, 3.63) is 52.1 Å². The van der Waals surface area contributed by atoms with Crippen molar-refractivity contribution in [3.8, 4) is 17.0 Å². The summed E-state index contributed by atoms with van der Waals surface area (Å²) >= 11 is 3.39. The number of Topliss-reactive ketones (excluding diaryl/α,β-unsaturated/α-hetero) is 1. The van der Waals surface area contributed by atoms with Crippen LogP contribution in [0.15, 0.2) is 41.0 Å². The number of ketones is 1. The highest BCUT2D eigenvalue weighted by atomic mass is 79.9. The molecule has 10 heteroatoms. The topological polar surface area (TPSA) is 104 Å². The zero-order valence-electron chi connectivity index (χ0n) is 15.1. The molecule has 3 aromatic rings. The third-order valence-electron chi connectivity index (χ3n) is 3.86. The second-order valence-corrected chi connectivity index (χ2v) is 8.48. The van der Waals surface area contributed by atoms with E-state index in [9.17, 15) is 18.0 Å². The molecule has 0 spiro atoms. The Labute approximate surface area is 169 Å². The monoisotopic (exact) mass is 466 g/mol. The minimum Gasteiger partial charge on any atom is -0.463 e. The molecule has 8 nitrogen and oxygen atoms in total. The Morgan fingerprint density at radius 1 is 1.21 bits per heavy atom. The summed E-state index contributed by atoms with van der Waals surface area (Å²) in [6, 6.07) is 8.93. The van der Waals surface area contributed by atoms with Crippen LogP contribution in [0, 0.1) is 6.92 Å². The predicted molar refractivity (Wildman–Crippen MR) is 105 cm³/mol. The molecule has 2 heterocycles. The van der Waals surface area contributed by atoms with Crippen LogP contribution in [0.2, 0.25) is 0 Å². The normalized spacial score (nSPS) is 11.4. The lowest BCUT2D eigenvalue weighted by Crippen LogP contribution is -2.20. The molecule has 0 aliphatic rings. The molecule has 0 saturated carbocycles. The van der Waals surface area contributed by atoms with Gasteiger partial charge in [-0.3, -0.25) is 4.79 Å². The molecule has 0 N–H and O–H groups in total. The molecule has 28 heavy (non-hydrogen) atoms. The Morgan fingerprint density at radius 2 is 1.93 bits per heavy atom. The number of nitrogens with zero attached hydrogens (tertiary/aromatic N) is 2. The number of fused-ring (bicyclic) bond motifs is 1. The van der Waals surface area contributed by atoms with Gasteiger partial charge in [0, 0.05) is 16.2 Å². The highest BCUT2D eigenvalue weighted by molar-refractivity contribution is 9.10. The van der Waals surface area contributed by atoms with Gasteiger partial charge in [0.15, 0.2) is 5.75 Å². The van der Waals surface area contributed by atoms with Gasteiger partial charge in [-0.25, -0.2) is 9.31 Å². The van der Waals surface area contributed by atoms with E-state index in [0.717, 1.165) is 23.4 Å². The lowest BCUT2D eigenvalue weighted by Gasteiger charge is -2.12. The summed E-state index contributed by atoms with van der Waals surface area (Å²) in [5, 5.41) is 4.43. The standard InChI is InChI=1S/C18H15BrN2O6S/c1-10-9-21-14(8-13(20-21)11-5-4-6-12(19)7-11)17(27-28(3,24)25)15(10)16(22)18(23)26-2/h4-9H,1-3H3. The van der Waals surface area contributed by atoms with Crippen molar-refractivity contribution in [3.63, 3.8) is 0 Å². The molecule has 146 valence electrons. The van der Waals surface area contributed by atoms with Gasteiger partial charge in [0.2, 0.25) is 0 Å². The van der Waals surface area contributed by atoms with Gasteiger partial charge in [-0.2, -0.15) is 13.5 Å². The Morgan fingerprint density at radius 3 is 2.54 bits per heavy atom. The van der Waals surface area contributed by atoms with E-state index >= 15 is 0 Å². The molecule has 0 aliphatic carbocycles. The first kappa shape index (κ1) is 20.0. The van der Waals surface area contributed by atoms with E-state index in [0.29, 0.717) is 11.3 Å². The number of methoxy groups -OCH3 is 1. The van der Waals surface area contributed by atoms with Gasteiger partial charge in [-0.1, -0.05) is 28.1 Å². The summed E-state index contributed by atoms with van der Waals surface area (Å²) in [7, 11) is -2.92. The van der Waals surface area contributed by atoms with Crippen LogP contribution in [0.1, 0.15) is 15.9 Å². The number of carbonyl (C=O) groups excluding carboxylic acids is 2. The fourth-order valence-electron chi connectivity index (χ4n) is 2.72. The van der Waals surface area contributed by atoms with Gasteiger partial charge in [0.1, 0.15) is 5.52 Å². The number of esters is 1. The van der Waals surface area contributed by atoms with Crippen molar-refractivity contribution in [2.75, 3.05) is 13.4 Å². The quantitative estimate of drug-likeness (QED) is 0.246. The van der Waals surface area contributed by atoms with Crippen LogP contribution < -0.4 is 4.18 Å². The van der Waals surface area contributed by atoms with Crippen LogP contribution in [0.25, 0.3) is 16.8 Å². The van der Waals surface area contributed by atoms with Gasteiger partial charge < -0.3 is 8.92 Å². The van der Waals surface area contributed by atoms with Gasteiger partial charge in [0.25, 0.3) is 5.78 Å². The molecule has 0 radical (unpaired) electrons. The first-order valence-electron chi connectivity index (χ1n) is 7.91. The number of rotatable bonds is 5. The minimum absolute atomic E-state index is 0.189. The van der Waals surface area contributed by atoms with Gasteiger partial charge >= 0.3 is 16.1 Å². The molecule has 1 aromatic carbocycles. The molecule has 0 amide bonds. The molecule has 3 rings (SSSR count). The smallest absolute Gasteiger partial charge is 0.379 e. The number of aryl methyl sites for hydroxylation is 1. The SMILES string of the molecule is COC(=O)C(=O)c1c(C)cn2nc(-c3cccc(Br)c3)cc2c1OS(C)(=O)=O. The summed E-state index contributed by atoms with van der Waals surface area (Å²) in [4.78, 5) is 24.3. The maximum absolute atomic E-state index is 12.5. The number of halogens is 1. The van der Waals surface area contributed by atoms with Crippen molar-refractivity contribution in [2.45, 2.75) is 6.92 Å². The van der Waals surface area contributed by atoms with E-state index in [1.807, 2.05) is 24.3 Å². The van der Waals surface area contributed by atoms with Gasteiger partial charge in [-0.05, 0) is 30.7 Å². The maximum atomic E-state index is 12.5. The number of hydrogen-bond donors (Lipinski definition) is 0. The third-order valence-corrected chi connectivity index (χ3v) is 4.82. The largest absolute Gasteiger partial charge is 0.463 e. The molecular formula is C18H15BrN2O6S. The minimum atomic E-state index is -3.99. The second-order valence-electron chi connectivity index (χ2n) is 5.99. The summed E-state index contributed by atoms with van der Waals surface area (Å²) in [6.45, 7) is 1.55. The molecule has 0 unspecified atom stereocenters.